The first-order valence-electron chi connectivity index (χ1n) is 6.59. The summed E-state index contributed by atoms with van der Waals surface area (Å²) in [4.78, 5) is 16.0. The summed E-state index contributed by atoms with van der Waals surface area (Å²) in [6, 6.07) is 13.2. The first-order chi connectivity index (χ1) is 10.7. The van der Waals surface area contributed by atoms with Crippen molar-refractivity contribution >= 4 is 17.9 Å². The predicted molar refractivity (Wildman–Crippen MR) is 80.0 cm³/mol. The minimum atomic E-state index is -0.621. The average molecular weight is 297 g/mol. The highest BCUT2D eigenvalue weighted by Gasteiger charge is 2.26. The first kappa shape index (κ1) is 14.0. The van der Waals surface area contributed by atoms with E-state index in [-0.39, 0.29) is 17.2 Å². The van der Waals surface area contributed by atoms with Crippen LogP contribution >= 0.6 is 0 Å². The molecule has 1 aliphatic heterocycles. The highest BCUT2D eigenvalue weighted by Crippen LogP contribution is 2.24. The van der Waals surface area contributed by atoms with Gasteiger partial charge in [-0.3, -0.25) is 0 Å². The Morgan fingerprint density at radius 2 is 1.86 bits per heavy atom. The van der Waals surface area contributed by atoms with Crippen LogP contribution in [0, 0.1) is 5.82 Å². The zero-order chi connectivity index (χ0) is 15.5. The molecule has 22 heavy (non-hydrogen) atoms. The number of hydrogen-bond acceptors (Lipinski definition) is 4. The number of para-hydroxylation sites is 1. The smallest absolute Gasteiger partial charge is 0.363 e. The van der Waals surface area contributed by atoms with Crippen LogP contribution in [0.1, 0.15) is 11.1 Å². The molecule has 0 aliphatic carbocycles. The van der Waals surface area contributed by atoms with Crippen LogP contribution in [0.15, 0.2) is 59.2 Å². The molecule has 0 aromatic heterocycles. The van der Waals surface area contributed by atoms with Gasteiger partial charge in [0.05, 0.1) is 12.7 Å². The number of carbonyl (C=O) groups excluding carboxylic acids is 1. The SMILES string of the molecule is COc1ccccc1/C=C1/N=C(c2ccccc2F)OC1=O. The molecule has 0 bridgehead atoms. The van der Waals surface area contributed by atoms with Crippen LogP contribution in [0.2, 0.25) is 0 Å². The molecule has 0 saturated carbocycles. The molecule has 0 N–H and O–H groups in total. The zero-order valence-corrected chi connectivity index (χ0v) is 11.7. The maximum absolute atomic E-state index is 13.7. The van der Waals surface area contributed by atoms with Crippen molar-refractivity contribution in [2.45, 2.75) is 0 Å². The largest absolute Gasteiger partial charge is 0.496 e. The summed E-state index contributed by atoms with van der Waals surface area (Å²) < 4.78 is 24.0. The Balaban J connectivity index is 2.00. The third-order valence-corrected chi connectivity index (χ3v) is 3.16. The molecule has 0 saturated heterocycles. The second-order valence-corrected chi connectivity index (χ2v) is 4.56. The molecule has 2 aromatic rings. The number of ether oxygens (including phenoxy) is 2. The molecule has 4 nitrogen and oxygen atoms in total. The van der Waals surface area contributed by atoms with Crippen LogP contribution in [0.25, 0.3) is 6.08 Å². The van der Waals surface area contributed by atoms with Crippen molar-refractivity contribution in [1.82, 2.24) is 0 Å². The van der Waals surface area contributed by atoms with Crippen molar-refractivity contribution in [3.63, 3.8) is 0 Å². The molecule has 0 radical (unpaired) electrons. The number of hydrogen-bond donors (Lipinski definition) is 0. The first-order valence-corrected chi connectivity index (χ1v) is 6.59. The number of cyclic esters (lactones) is 1. The van der Waals surface area contributed by atoms with E-state index in [1.54, 1.807) is 37.5 Å². The van der Waals surface area contributed by atoms with Gasteiger partial charge >= 0.3 is 5.97 Å². The van der Waals surface area contributed by atoms with Crippen molar-refractivity contribution in [2.75, 3.05) is 7.11 Å². The van der Waals surface area contributed by atoms with E-state index in [9.17, 15) is 9.18 Å². The van der Waals surface area contributed by atoms with Gasteiger partial charge in [-0.2, -0.15) is 0 Å². The number of aliphatic imine (C=N–C) groups is 1. The lowest BCUT2D eigenvalue weighted by molar-refractivity contribution is -0.129. The van der Waals surface area contributed by atoms with Gasteiger partial charge in [-0.15, -0.1) is 0 Å². The van der Waals surface area contributed by atoms with E-state index < -0.39 is 11.8 Å². The maximum atomic E-state index is 13.7. The van der Waals surface area contributed by atoms with Crippen molar-refractivity contribution in [3.05, 3.63) is 71.2 Å². The Labute approximate surface area is 126 Å². The second-order valence-electron chi connectivity index (χ2n) is 4.56. The molecule has 5 heteroatoms. The van der Waals surface area contributed by atoms with Crippen molar-refractivity contribution in [1.29, 1.82) is 0 Å². The average Bonchev–Trinajstić information content (AvgIpc) is 2.89. The fourth-order valence-electron chi connectivity index (χ4n) is 2.09. The van der Waals surface area contributed by atoms with Gasteiger partial charge in [0.2, 0.25) is 5.90 Å². The Kier molecular flexibility index (Phi) is 3.70. The number of halogens is 1. The lowest BCUT2D eigenvalue weighted by Crippen LogP contribution is -2.07. The van der Waals surface area contributed by atoms with E-state index in [0.717, 1.165) is 0 Å². The highest BCUT2D eigenvalue weighted by atomic mass is 19.1. The molecule has 2 aromatic carbocycles. The van der Waals surface area contributed by atoms with Gasteiger partial charge in [0.1, 0.15) is 11.6 Å². The van der Waals surface area contributed by atoms with Gasteiger partial charge in [0.15, 0.2) is 5.70 Å². The summed E-state index contributed by atoms with van der Waals surface area (Å²) in [5.41, 5.74) is 0.942. The lowest BCUT2D eigenvalue weighted by atomic mass is 10.1. The van der Waals surface area contributed by atoms with E-state index in [2.05, 4.69) is 4.99 Å². The van der Waals surface area contributed by atoms with Crippen LogP contribution in [-0.4, -0.2) is 19.0 Å². The van der Waals surface area contributed by atoms with Crippen LogP contribution in [0.5, 0.6) is 5.75 Å². The summed E-state index contributed by atoms with van der Waals surface area (Å²) in [7, 11) is 1.54. The van der Waals surface area contributed by atoms with Gasteiger partial charge in [-0.1, -0.05) is 30.3 Å². The maximum Gasteiger partial charge on any atom is 0.363 e. The summed E-state index contributed by atoms with van der Waals surface area (Å²) >= 11 is 0. The Morgan fingerprint density at radius 3 is 2.64 bits per heavy atom. The van der Waals surface area contributed by atoms with Crippen molar-refractivity contribution < 1.29 is 18.7 Å². The Hall–Kier alpha value is -2.95. The van der Waals surface area contributed by atoms with E-state index in [0.29, 0.717) is 11.3 Å². The number of carbonyl (C=O) groups is 1. The predicted octanol–water partition coefficient (Wildman–Crippen LogP) is 3.18. The molecule has 0 amide bonds. The van der Waals surface area contributed by atoms with Crippen LogP contribution in [-0.2, 0) is 9.53 Å². The number of rotatable bonds is 3. The molecule has 0 atom stereocenters. The number of esters is 1. The van der Waals surface area contributed by atoms with Crippen LogP contribution in [0.4, 0.5) is 4.39 Å². The molecule has 0 fully saturated rings. The molecule has 1 aliphatic rings. The number of methoxy groups -OCH3 is 1. The second kappa shape index (κ2) is 5.81. The fourth-order valence-corrected chi connectivity index (χ4v) is 2.09. The Morgan fingerprint density at radius 1 is 1.14 bits per heavy atom. The van der Waals surface area contributed by atoms with E-state index in [1.165, 1.54) is 12.1 Å². The number of nitrogens with zero attached hydrogens (tertiary/aromatic N) is 1. The summed E-state index contributed by atoms with van der Waals surface area (Å²) in [5.74, 6) is -0.543. The van der Waals surface area contributed by atoms with Gasteiger partial charge < -0.3 is 9.47 Å². The van der Waals surface area contributed by atoms with E-state index in [4.69, 9.17) is 9.47 Å². The third kappa shape index (κ3) is 2.61. The molecule has 110 valence electrons. The minimum absolute atomic E-state index is 0.0377. The van der Waals surface area contributed by atoms with Crippen molar-refractivity contribution in [2.24, 2.45) is 4.99 Å². The minimum Gasteiger partial charge on any atom is -0.496 e. The highest BCUT2D eigenvalue weighted by molar-refractivity contribution is 6.13. The molecule has 0 unspecified atom stereocenters. The molecular weight excluding hydrogens is 285 g/mol. The summed E-state index contributed by atoms with van der Waals surface area (Å²) in [6.45, 7) is 0. The van der Waals surface area contributed by atoms with Crippen molar-refractivity contribution in [3.8, 4) is 5.75 Å². The van der Waals surface area contributed by atoms with Gasteiger partial charge in [0.25, 0.3) is 0 Å². The lowest BCUT2D eigenvalue weighted by Gasteiger charge is -2.03. The standard InChI is InChI=1S/C17H12FNO3/c1-21-15-9-5-2-6-11(15)10-14-17(20)22-16(19-14)12-7-3-4-8-13(12)18/h2-10H,1H3/b14-10+. The third-order valence-electron chi connectivity index (χ3n) is 3.16. The summed E-state index contributed by atoms with van der Waals surface area (Å²) in [6.07, 6.45) is 1.55. The van der Waals surface area contributed by atoms with E-state index >= 15 is 0 Å². The molecule has 3 rings (SSSR count). The van der Waals surface area contributed by atoms with Gasteiger partial charge in [-0.05, 0) is 24.3 Å². The monoisotopic (exact) mass is 297 g/mol. The normalized spacial score (nSPS) is 15.6. The van der Waals surface area contributed by atoms with Crippen LogP contribution in [0.3, 0.4) is 0 Å². The molecular formula is C17H12FNO3. The fraction of sp³-hybridized carbons (Fsp3) is 0.0588. The molecule has 0 spiro atoms. The summed E-state index contributed by atoms with van der Waals surface area (Å²) in [5, 5.41) is 0. The quantitative estimate of drug-likeness (QED) is 0.646. The zero-order valence-electron chi connectivity index (χ0n) is 11.7. The van der Waals surface area contributed by atoms with Gasteiger partial charge in [0, 0.05) is 5.56 Å². The Bertz CT molecular complexity index is 796. The molecule has 1 heterocycles. The topological polar surface area (TPSA) is 47.9 Å². The number of benzene rings is 2. The van der Waals surface area contributed by atoms with Gasteiger partial charge in [-0.25, -0.2) is 14.2 Å². The van der Waals surface area contributed by atoms with E-state index in [1.807, 2.05) is 12.1 Å². The van der Waals surface area contributed by atoms with Crippen LogP contribution < -0.4 is 4.74 Å².